The van der Waals surface area contributed by atoms with Crippen LogP contribution in [0.2, 0.25) is 0 Å². The minimum absolute atomic E-state index is 0.487. The highest BCUT2D eigenvalue weighted by atomic mass is 14.5. The van der Waals surface area contributed by atoms with Crippen LogP contribution in [-0.4, -0.2) is 0 Å². The van der Waals surface area contributed by atoms with E-state index in [1.54, 1.807) is 25.7 Å². The molecule has 0 radical (unpaired) electrons. The summed E-state index contributed by atoms with van der Waals surface area (Å²) in [5.41, 5.74) is 0.487. The molecule has 0 heterocycles. The van der Waals surface area contributed by atoms with Crippen LogP contribution in [0.5, 0.6) is 0 Å². The average molecular weight is 242 g/mol. The van der Waals surface area contributed by atoms with Gasteiger partial charge in [-0.05, 0) is 62.2 Å². The molecule has 4 aliphatic carbocycles. The van der Waals surface area contributed by atoms with Crippen LogP contribution in [0.25, 0.3) is 0 Å². The van der Waals surface area contributed by atoms with E-state index < -0.39 is 0 Å². The summed E-state index contributed by atoms with van der Waals surface area (Å²) >= 11 is 0. The fourth-order valence-electron chi connectivity index (χ4n) is 5.67. The molecule has 0 aromatic rings. The highest BCUT2D eigenvalue weighted by Crippen LogP contribution is 2.56. The summed E-state index contributed by atoms with van der Waals surface area (Å²) in [5, 5.41) is 0. The van der Waals surface area contributed by atoms with Crippen molar-refractivity contribution in [1.82, 2.24) is 0 Å². The minimum atomic E-state index is 0.487. The Morgan fingerprint density at radius 2 is 1.44 bits per heavy atom. The number of fused-ring (bicyclic) bond motifs is 3. The van der Waals surface area contributed by atoms with Gasteiger partial charge in [-0.2, -0.15) is 0 Å². The quantitative estimate of drug-likeness (QED) is 0.553. The molecule has 0 aromatic carbocycles. The van der Waals surface area contributed by atoms with Gasteiger partial charge in [0.25, 0.3) is 0 Å². The highest BCUT2D eigenvalue weighted by molar-refractivity contribution is 5.26. The Morgan fingerprint density at radius 1 is 0.722 bits per heavy atom. The van der Waals surface area contributed by atoms with Crippen LogP contribution in [0.4, 0.5) is 0 Å². The summed E-state index contributed by atoms with van der Waals surface area (Å²) in [6.45, 7) is 0. The van der Waals surface area contributed by atoms with Crippen molar-refractivity contribution in [3.63, 3.8) is 0 Å². The zero-order chi connectivity index (χ0) is 12.0. The Balaban J connectivity index is 1.58. The van der Waals surface area contributed by atoms with Crippen molar-refractivity contribution >= 4 is 0 Å². The molecule has 0 heteroatoms. The summed E-state index contributed by atoms with van der Waals surface area (Å²) in [6.07, 6.45) is 23.3. The molecule has 3 saturated carbocycles. The molecule has 0 aromatic heterocycles. The van der Waals surface area contributed by atoms with E-state index in [9.17, 15) is 0 Å². The second-order valence-electron chi connectivity index (χ2n) is 7.40. The van der Waals surface area contributed by atoms with Crippen molar-refractivity contribution in [2.45, 2.75) is 57.8 Å². The second kappa shape index (κ2) is 4.25. The molecule has 0 amide bonds. The first-order valence-electron chi connectivity index (χ1n) is 8.23. The van der Waals surface area contributed by atoms with Crippen LogP contribution in [-0.2, 0) is 0 Å². The summed E-state index contributed by atoms with van der Waals surface area (Å²) in [5.74, 6) is 4.34. The van der Waals surface area contributed by atoms with E-state index in [1.807, 2.05) is 0 Å². The Kier molecular flexibility index (Phi) is 2.67. The van der Waals surface area contributed by atoms with Crippen molar-refractivity contribution in [3.8, 4) is 0 Å². The van der Waals surface area contributed by atoms with Crippen molar-refractivity contribution < 1.29 is 0 Å². The molecule has 98 valence electrons. The topological polar surface area (TPSA) is 0 Å². The van der Waals surface area contributed by atoms with Crippen LogP contribution in [0.1, 0.15) is 57.8 Å². The van der Waals surface area contributed by atoms with Crippen molar-refractivity contribution in [2.24, 2.45) is 29.1 Å². The van der Waals surface area contributed by atoms with Gasteiger partial charge in [0.05, 0.1) is 0 Å². The van der Waals surface area contributed by atoms with Gasteiger partial charge in [0, 0.05) is 5.41 Å². The zero-order valence-corrected chi connectivity index (χ0v) is 11.5. The third kappa shape index (κ3) is 1.72. The summed E-state index contributed by atoms with van der Waals surface area (Å²) in [7, 11) is 0. The van der Waals surface area contributed by atoms with Crippen LogP contribution < -0.4 is 0 Å². The van der Waals surface area contributed by atoms with E-state index in [2.05, 4.69) is 24.3 Å². The van der Waals surface area contributed by atoms with Crippen LogP contribution in [0.15, 0.2) is 24.3 Å². The van der Waals surface area contributed by atoms with Gasteiger partial charge in [-0.25, -0.2) is 0 Å². The fraction of sp³-hybridized carbons (Fsp3) is 0.778. The van der Waals surface area contributed by atoms with Gasteiger partial charge in [-0.15, -0.1) is 0 Å². The third-order valence-corrected chi connectivity index (χ3v) is 6.60. The number of hydrogen-bond donors (Lipinski definition) is 0. The van der Waals surface area contributed by atoms with E-state index in [0.29, 0.717) is 5.41 Å². The van der Waals surface area contributed by atoms with Crippen molar-refractivity contribution in [1.29, 1.82) is 0 Å². The van der Waals surface area contributed by atoms with Gasteiger partial charge < -0.3 is 0 Å². The van der Waals surface area contributed by atoms with Gasteiger partial charge in [-0.3, -0.25) is 0 Å². The fourth-order valence-corrected chi connectivity index (χ4v) is 5.67. The molecule has 0 aliphatic heterocycles. The maximum atomic E-state index is 2.51. The monoisotopic (exact) mass is 242 g/mol. The van der Waals surface area contributed by atoms with Gasteiger partial charge in [0.15, 0.2) is 0 Å². The van der Waals surface area contributed by atoms with Crippen LogP contribution in [0, 0.1) is 29.1 Å². The van der Waals surface area contributed by atoms with Gasteiger partial charge in [-0.1, -0.05) is 43.6 Å². The first kappa shape index (κ1) is 11.3. The van der Waals surface area contributed by atoms with Crippen molar-refractivity contribution in [3.05, 3.63) is 24.3 Å². The van der Waals surface area contributed by atoms with Gasteiger partial charge >= 0.3 is 0 Å². The maximum absolute atomic E-state index is 2.51. The summed E-state index contributed by atoms with van der Waals surface area (Å²) < 4.78 is 0. The lowest BCUT2D eigenvalue weighted by molar-refractivity contribution is 0.00354. The molecule has 0 saturated heterocycles. The SMILES string of the molecule is C1=CC2(C=C1)CCC1CCC3CCCCC3C1C2. The normalized spacial score (nSPS) is 44.9. The maximum Gasteiger partial charge on any atom is 0.00701 e. The number of allylic oxidation sites excluding steroid dienone is 4. The molecule has 4 unspecified atom stereocenters. The molecule has 4 rings (SSSR count). The van der Waals surface area contributed by atoms with E-state index in [4.69, 9.17) is 0 Å². The molecule has 4 aliphatic rings. The molecular weight excluding hydrogens is 216 g/mol. The van der Waals surface area contributed by atoms with Crippen LogP contribution in [0.3, 0.4) is 0 Å². The smallest absolute Gasteiger partial charge is 0.00701 e. The van der Waals surface area contributed by atoms with Gasteiger partial charge in [0.2, 0.25) is 0 Å². The lowest BCUT2D eigenvalue weighted by Crippen LogP contribution is -2.42. The summed E-state index contributed by atoms with van der Waals surface area (Å²) in [4.78, 5) is 0. The Bertz CT molecular complexity index is 363. The first-order valence-corrected chi connectivity index (χ1v) is 8.23. The standard InChI is InChI=1S/C18H26/c1-2-6-16-14(5-1)7-8-15-9-12-18(13-17(15)16)10-3-4-11-18/h3-4,10-11,14-17H,1-2,5-9,12-13H2. The largest absolute Gasteiger partial charge is 0.0745 e. The zero-order valence-electron chi connectivity index (χ0n) is 11.5. The third-order valence-electron chi connectivity index (χ3n) is 6.60. The lowest BCUT2D eigenvalue weighted by Gasteiger charge is -2.51. The predicted octanol–water partition coefficient (Wildman–Crippen LogP) is 5.12. The Morgan fingerprint density at radius 3 is 2.28 bits per heavy atom. The molecule has 1 spiro atoms. The molecule has 0 nitrogen and oxygen atoms in total. The van der Waals surface area contributed by atoms with E-state index in [0.717, 1.165) is 23.7 Å². The number of hydrogen-bond acceptors (Lipinski definition) is 0. The molecule has 3 fully saturated rings. The average Bonchev–Trinajstić information content (AvgIpc) is 2.87. The van der Waals surface area contributed by atoms with E-state index >= 15 is 0 Å². The molecule has 4 atom stereocenters. The van der Waals surface area contributed by atoms with E-state index in [1.165, 1.54) is 32.1 Å². The Labute approximate surface area is 112 Å². The molecular formula is C18H26. The predicted molar refractivity (Wildman–Crippen MR) is 76.2 cm³/mol. The summed E-state index contributed by atoms with van der Waals surface area (Å²) in [6, 6.07) is 0. The number of rotatable bonds is 0. The molecule has 18 heavy (non-hydrogen) atoms. The van der Waals surface area contributed by atoms with Crippen molar-refractivity contribution in [2.75, 3.05) is 0 Å². The molecule has 0 N–H and O–H groups in total. The minimum Gasteiger partial charge on any atom is -0.0745 e. The van der Waals surface area contributed by atoms with E-state index in [-0.39, 0.29) is 0 Å². The molecule has 0 bridgehead atoms. The van der Waals surface area contributed by atoms with Gasteiger partial charge in [0.1, 0.15) is 0 Å². The second-order valence-corrected chi connectivity index (χ2v) is 7.40. The van der Waals surface area contributed by atoms with Crippen LogP contribution >= 0.6 is 0 Å². The first-order chi connectivity index (χ1) is 8.86. The Hall–Kier alpha value is -0.520. The highest BCUT2D eigenvalue weighted by Gasteiger charge is 2.46. The lowest BCUT2D eigenvalue weighted by atomic mass is 9.53.